The molecule has 1 saturated heterocycles. The molecule has 1 aromatic carbocycles. The number of ether oxygens (including phenoxy) is 1. The van der Waals surface area contributed by atoms with Crippen LogP contribution in [0.2, 0.25) is 5.02 Å². The Hall–Kier alpha value is -0.970. The monoisotopic (exact) mass is 346 g/mol. The highest BCUT2D eigenvalue weighted by Gasteiger charge is 2.14. The number of hydrogen-bond acceptors (Lipinski definition) is 4. The van der Waals surface area contributed by atoms with E-state index in [2.05, 4.69) is 4.90 Å². The van der Waals surface area contributed by atoms with Crippen molar-refractivity contribution >= 4 is 35.5 Å². The van der Waals surface area contributed by atoms with Crippen molar-refractivity contribution in [3.8, 4) is 5.75 Å². The van der Waals surface area contributed by atoms with Crippen LogP contribution in [0.4, 0.5) is 5.69 Å². The third kappa shape index (κ3) is 5.34. The number of nitrogen functional groups attached to an aromatic ring is 1. The Morgan fingerprint density at radius 2 is 2.00 bits per heavy atom. The van der Waals surface area contributed by atoms with Crippen molar-refractivity contribution in [1.82, 2.24) is 4.90 Å². The number of rotatable bonds is 6. The molecule has 1 fully saturated rings. The Balaban J connectivity index is 0.00000242. The molecule has 22 heavy (non-hydrogen) atoms. The fourth-order valence-corrected chi connectivity index (χ4v) is 2.89. The van der Waals surface area contributed by atoms with Crippen molar-refractivity contribution in [1.29, 1.82) is 0 Å². The van der Waals surface area contributed by atoms with Gasteiger partial charge in [-0.05, 0) is 32.0 Å². The quantitative estimate of drug-likeness (QED) is 0.802. The van der Waals surface area contributed by atoms with Crippen LogP contribution in [-0.4, -0.2) is 37.4 Å². The van der Waals surface area contributed by atoms with Crippen LogP contribution in [0.5, 0.6) is 5.75 Å². The van der Waals surface area contributed by atoms with Gasteiger partial charge in [0, 0.05) is 31.0 Å². The zero-order valence-electron chi connectivity index (χ0n) is 12.9. The molecule has 0 radical (unpaired) electrons. The third-order valence-corrected chi connectivity index (χ3v) is 4.27. The number of likely N-dealkylation sites (tertiary alicyclic amines) is 1. The molecule has 1 aliphatic rings. The number of hydrogen-bond donors (Lipinski definition) is 1. The van der Waals surface area contributed by atoms with Crippen molar-refractivity contribution in [2.45, 2.75) is 32.1 Å². The largest absolute Gasteiger partial charge is 0.496 e. The number of methoxy groups -OCH3 is 1. The van der Waals surface area contributed by atoms with Gasteiger partial charge in [0.2, 0.25) is 0 Å². The minimum atomic E-state index is 0. The van der Waals surface area contributed by atoms with E-state index in [4.69, 9.17) is 22.1 Å². The van der Waals surface area contributed by atoms with Crippen LogP contribution in [0.1, 0.15) is 31.2 Å². The first kappa shape index (κ1) is 19.1. The number of halogens is 2. The number of carbonyl (C=O) groups is 1. The fourth-order valence-electron chi connectivity index (χ4n) is 2.71. The summed E-state index contributed by atoms with van der Waals surface area (Å²) in [4.78, 5) is 14.5. The minimum absolute atomic E-state index is 0. The first-order valence-electron chi connectivity index (χ1n) is 7.46. The van der Waals surface area contributed by atoms with E-state index in [0.717, 1.165) is 25.2 Å². The van der Waals surface area contributed by atoms with Gasteiger partial charge in [0.1, 0.15) is 11.5 Å². The molecule has 0 atom stereocenters. The van der Waals surface area contributed by atoms with Crippen LogP contribution in [0.25, 0.3) is 0 Å². The Labute approximate surface area is 143 Å². The van der Waals surface area contributed by atoms with E-state index >= 15 is 0 Å². The summed E-state index contributed by atoms with van der Waals surface area (Å²) < 4.78 is 5.28. The predicted octanol–water partition coefficient (Wildman–Crippen LogP) is 3.34. The van der Waals surface area contributed by atoms with Gasteiger partial charge in [-0.1, -0.05) is 18.0 Å². The van der Waals surface area contributed by atoms with Crippen molar-refractivity contribution < 1.29 is 9.53 Å². The first-order valence-corrected chi connectivity index (χ1v) is 7.84. The second-order valence-electron chi connectivity index (χ2n) is 5.55. The number of piperidine rings is 1. The second-order valence-corrected chi connectivity index (χ2v) is 5.96. The van der Waals surface area contributed by atoms with Gasteiger partial charge >= 0.3 is 0 Å². The highest BCUT2D eigenvalue weighted by Crippen LogP contribution is 2.29. The van der Waals surface area contributed by atoms with Crippen molar-refractivity contribution in [3.05, 3.63) is 22.7 Å². The number of nitrogens with zero attached hydrogens (tertiary/aromatic N) is 1. The topological polar surface area (TPSA) is 55.6 Å². The number of benzene rings is 1. The van der Waals surface area contributed by atoms with Gasteiger partial charge < -0.3 is 15.4 Å². The standard InChI is InChI=1S/C16H23ClN2O2.ClH/c1-21-16-11-15(18)14(17)10-12(16)9-13(20)5-8-19-6-3-2-4-7-19;/h10-11H,2-9,18H2,1H3;1H. The Morgan fingerprint density at radius 1 is 1.32 bits per heavy atom. The summed E-state index contributed by atoms with van der Waals surface area (Å²) in [5.74, 6) is 0.836. The zero-order chi connectivity index (χ0) is 15.2. The number of carbonyl (C=O) groups excluding carboxylic acids is 1. The Bertz CT molecular complexity index is 503. The molecule has 1 heterocycles. The molecule has 2 rings (SSSR count). The van der Waals surface area contributed by atoms with Crippen molar-refractivity contribution in [3.63, 3.8) is 0 Å². The summed E-state index contributed by atoms with van der Waals surface area (Å²) in [5, 5.41) is 0.467. The van der Waals surface area contributed by atoms with Gasteiger partial charge in [-0.2, -0.15) is 0 Å². The smallest absolute Gasteiger partial charge is 0.138 e. The Morgan fingerprint density at radius 3 is 2.64 bits per heavy atom. The van der Waals surface area contributed by atoms with Gasteiger partial charge in [0.05, 0.1) is 17.8 Å². The van der Waals surface area contributed by atoms with Crippen LogP contribution in [-0.2, 0) is 11.2 Å². The Kier molecular flexibility index (Phi) is 8.01. The molecule has 0 spiro atoms. The SMILES string of the molecule is COc1cc(N)c(Cl)cc1CC(=O)CCN1CCCCC1.Cl. The summed E-state index contributed by atoms with van der Waals surface area (Å²) in [5.41, 5.74) is 7.02. The molecule has 0 aromatic heterocycles. The molecule has 4 nitrogen and oxygen atoms in total. The highest BCUT2D eigenvalue weighted by atomic mass is 35.5. The number of Topliss-reactive ketones (excluding diaryl/α,β-unsaturated/α-hetero) is 1. The van der Waals surface area contributed by atoms with Crippen molar-refractivity contribution in [2.24, 2.45) is 0 Å². The van der Waals surface area contributed by atoms with Crippen LogP contribution in [0, 0.1) is 0 Å². The predicted molar refractivity (Wildman–Crippen MR) is 93.3 cm³/mol. The average molecular weight is 347 g/mol. The lowest BCUT2D eigenvalue weighted by Gasteiger charge is -2.26. The minimum Gasteiger partial charge on any atom is -0.496 e. The van der Waals surface area contributed by atoms with Crippen LogP contribution in [0.3, 0.4) is 0 Å². The molecule has 1 aromatic rings. The summed E-state index contributed by atoms with van der Waals surface area (Å²) in [6.45, 7) is 3.08. The van der Waals surface area contributed by atoms with Crippen LogP contribution >= 0.6 is 24.0 Å². The van der Waals surface area contributed by atoms with E-state index in [0.29, 0.717) is 29.3 Å². The molecule has 0 bridgehead atoms. The van der Waals surface area contributed by atoms with E-state index in [1.54, 1.807) is 19.2 Å². The van der Waals surface area contributed by atoms with Crippen molar-refractivity contribution in [2.75, 3.05) is 32.5 Å². The number of nitrogens with two attached hydrogens (primary N) is 1. The maximum atomic E-state index is 12.2. The van der Waals surface area contributed by atoms with Gasteiger partial charge in [0.15, 0.2) is 0 Å². The molecule has 0 aliphatic carbocycles. The first-order chi connectivity index (χ1) is 10.1. The maximum absolute atomic E-state index is 12.2. The molecule has 124 valence electrons. The number of ketones is 1. The van der Waals surface area contributed by atoms with E-state index in [1.165, 1.54) is 19.3 Å². The van der Waals surface area contributed by atoms with E-state index in [1.807, 2.05) is 0 Å². The van der Waals surface area contributed by atoms with E-state index in [-0.39, 0.29) is 18.2 Å². The summed E-state index contributed by atoms with van der Waals surface area (Å²) in [6, 6.07) is 3.41. The molecule has 0 saturated carbocycles. The van der Waals surface area contributed by atoms with E-state index in [9.17, 15) is 4.79 Å². The molecule has 6 heteroatoms. The molecular weight excluding hydrogens is 323 g/mol. The number of anilines is 1. The van der Waals surface area contributed by atoms with Gasteiger partial charge in [-0.3, -0.25) is 4.79 Å². The average Bonchev–Trinajstić information content (AvgIpc) is 2.49. The fraction of sp³-hybridized carbons (Fsp3) is 0.562. The van der Waals surface area contributed by atoms with E-state index < -0.39 is 0 Å². The lowest BCUT2D eigenvalue weighted by atomic mass is 10.0. The molecule has 2 N–H and O–H groups in total. The van der Waals surface area contributed by atoms with Gasteiger partial charge in [-0.15, -0.1) is 12.4 Å². The molecular formula is C16H24Cl2N2O2. The third-order valence-electron chi connectivity index (χ3n) is 3.94. The normalized spacial score (nSPS) is 15.2. The highest BCUT2D eigenvalue weighted by molar-refractivity contribution is 6.33. The van der Waals surface area contributed by atoms with Gasteiger partial charge in [-0.25, -0.2) is 0 Å². The summed E-state index contributed by atoms with van der Waals surface area (Å²) in [6.07, 6.45) is 4.72. The summed E-state index contributed by atoms with van der Waals surface area (Å²) >= 11 is 6.02. The van der Waals surface area contributed by atoms with Crippen LogP contribution in [0.15, 0.2) is 12.1 Å². The zero-order valence-corrected chi connectivity index (χ0v) is 14.5. The summed E-state index contributed by atoms with van der Waals surface area (Å²) in [7, 11) is 1.57. The van der Waals surface area contributed by atoms with Gasteiger partial charge in [0.25, 0.3) is 0 Å². The van der Waals surface area contributed by atoms with Crippen LogP contribution < -0.4 is 10.5 Å². The maximum Gasteiger partial charge on any atom is 0.138 e. The lowest BCUT2D eigenvalue weighted by molar-refractivity contribution is -0.118. The second kappa shape index (κ2) is 9.23. The molecule has 0 amide bonds. The lowest BCUT2D eigenvalue weighted by Crippen LogP contribution is -2.31. The molecule has 1 aliphatic heterocycles. The molecule has 0 unspecified atom stereocenters.